The average molecular weight is 512 g/mol. The first-order valence-electron chi connectivity index (χ1n) is 9.72. The summed E-state index contributed by atoms with van der Waals surface area (Å²) in [6.07, 6.45) is 1.17. The standard InChI is InChI=1S/C21H28N4OS.HI/c1-22-21(24-18-14-17(18)16-6-3-2-4-7-16)23-15-19(20-8-5-13-27-20)25-9-11-26-12-10-25;/h2-8,13,17-19H,9-12,14-15H2,1H3,(H2,22,23,24);1H. The highest BCUT2D eigenvalue weighted by Crippen LogP contribution is 2.40. The third kappa shape index (κ3) is 5.46. The second kappa shape index (κ2) is 10.6. The van der Waals surface area contributed by atoms with Crippen LogP contribution in [-0.2, 0) is 4.74 Å². The van der Waals surface area contributed by atoms with E-state index < -0.39 is 0 Å². The first-order valence-corrected chi connectivity index (χ1v) is 10.6. The van der Waals surface area contributed by atoms with Crippen molar-refractivity contribution in [3.63, 3.8) is 0 Å². The maximum atomic E-state index is 5.53. The number of thiophene rings is 1. The number of benzene rings is 1. The Morgan fingerprint density at radius 1 is 1.21 bits per heavy atom. The molecule has 0 spiro atoms. The van der Waals surface area contributed by atoms with Crippen LogP contribution in [0.1, 0.15) is 28.8 Å². The number of hydrogen-bond donors (Lipinski definition) is 2. The van der Waals surface area contributed by atoms with Crippen LogP contribution in [0.25, 0.3) is 0 Å². The highest BCUT2D eigenvalue weighted by Gasteiger charge is 2.39. The van der Waals surface area contributed by atoms with Gasteiger partial charge in [-0.05, 0) is 23.4 Å². The van der Waals surface area contributed by atoms with Gasteiger partial charge in [-0.15, -0.1) is 35.3 Å². The fourth-order valence-corrected chi connectivity index (χ4v) is 4.63. The third-order valence-corrected chi connectivity index (χ3v) is 6.36. The largest absolute Gasteiger partial charge is 0.379 e. The molecule has 3 atom stereocenters. The number of ether oxygens (including phenoxy) is 1. The number of morpholine rings is 1. The molecule has 0 amide bonds. The van der Waals surface area contributed by atoms with Gasteiger partial charge in [0.25, 0.3) is 0 Å². The van der Waals surface area contributed by atoms with Gasteiger partial charge in [0.1, 0.15) is 0 Å². The van der Waals surface area contributed by atoms with Crippen molar-refractivity contribution < 1.29 is 4.74 Å². The number of guanidine groups is 1. The van der Waals surface area contributed by atoms with Crippen molar-refractivity contribution in [2.75, 3.05) is 39.9 Å². The Balaban J connectivity index is 0.00000225. The number of hydrogen-bond acceptors (Lipinski definition) is 4. The first kappa shape index (κ1) is 21.5. The molecule has 0 bridgehead atoms. The molecule has 2 N–H and O–H groups in total. The van der Waals surface area contributed by atoms with Crippen molar-refractivity contribution in [1.82, 2.24) is 15.5 Å². The van der Waals surface area contributed by atoms with Crippen molar-refractivity contribution in [1.29, 1.82) is 0 Å². The molecule has 1 aromatic heterocycles. The van der Waals surface area contributed by atoms with Crippen molar-refractivity contribution in [2.24, 2.45) is 4.99 Å². The summed E-state index contributed by atoms with van der Waals surface area (Å²) in [5.41, 5.74) is 1.41. The van der Waals surface area contributed by atoms with E-state index in [-0.39, 0.29) is 24.0 Å². The van der Waals surface area contributed by atoms with E-state index in [1.807, 2.05) is 18.4 Å². The molecular formula is C21H29IN4OS. The Morgan fingerprint density at radius 2 is 2.00 bits per heavy atom. The van der Waals surface area contributed by atoms with Crippen LogP contribution >= 0.6 is 35.3 Å². The predicted octanol–water partition coefficient (Wildman–Crippen LogP) is 3.46. The molecule has 5 nitrogen and oxygen atoms in total. The molecule has 28 heavy (non-hydrogen) atoms. The minimum absolute atomic E-state index is 0. The normalized spacial score (nSPS) is 23.5. The highest BCUT2D eigenvalue weighted by atomic mass is 127. The van der Waals surface area contributed by atoms with E-state index >= 15 is 0 Å². The van der Waals surface area contributed by atoms with Crippen molar-refractivity contribution >= 4 is 41.3 Å². The molecule has 1 aromatic carbocycles. The van der Waals surface area contributed by atoms with Gasteiger partial charge in [-0.1, -0.05) is 36.4 Å². The monoisotopic (exact) mass is 512 g/mol. The molecular weight excluding hydrogens is 483 g/mol. The number of aliphatic imine (C=N–C) groups is 1. The van der Waals surface area contributed by atoms with Crippen LogP contribution in [0.15, 0.2) is 52.8 Å². The van der Waals surface area contributed by atoms with E-state index in [1.165, 1.54) is 16.9 Å². The van der Waals surface area contributed by atoms with Crippen LogP contribution < -0.4 is 10.6 Å². The second-order valence-corrected chi connectivity index (χ2v) is 8.12. The molecule has 4 rings (SSSR count). The first-order chi connectivity index (χ1) is 13.3. The summed E-state index contributed by atoms with van der Waals surface area (Å²) in [5, 5.41) is 9.31. The average Bonchev–Trinajstić information content (AvgIpc) is 3.29. The molecule has 2 aliphatic rings. The van der Waals surface area contributed by atoms with Gasteiger partial charge >= 0.3 is 0 Å². The second-order valence-electron chi connectivity index (χ2n) is 7.14. The number of nitrogens with zero attached hydrogens (tertiary/aromatic N) is 2. The van der Waals surface area contributed by atoms with E-state index in [0.29, 0.717) is 18.0 Å². The highest BCUT2D eigenvalue weighted by molar-refractivity contribution is 14.0. The summed E-state index contributed by atoms with van der Waals surface area (Å²) in [4.78, 5) is 8.36. The van der Waals surface area contributed by atoms with Crippen LogP contribution in [0.2, 0.25) is 0 Å². The Labute approximate surface area is 188 Å². The summed E-state index contributed by atoms with van der Waals surface area (Å²) in [6, 6.07) is 15.9. The number of nitrogens with one attached hydrogen (secondary N) is 2. The van der Waals surface area contributed by atoms with E-state index in [0.717, 1.165) is 38.8 Å². The van der Waals surface area contributed by atoms with Gasteiger partial charge in [-0.3, -0.25) is 9.89 Å². The smallest absolute Gasteiger partial charge is 0.191 e. The number of halogens is 1. The third-order valence-electron chi connectivity index (χ3n) is 5.38. The van der Waals surface area contributed by atoms with E-state index in [2.05, 4.69) is 68.4 Å². The van der Waals surface area contributed by atoms with Gasteiger partial charge in [-0.25, -0.2) is 0 Å². The maximum Gasteiger partial charge on any atom is 0.191 e. The van der Waals surface area contributed by atoms with E-state index in [4.69, 9.17) is 4.74 Å². The lowest BCUT2D eigenvalue weighted by Crippen LogP contribution is -2.46. The van der Waals surface area contributed by atoms with Gasteiger partial charge < -0.3 is 15.4 Å². The van der Waals surface area contributed by atoms with Gasteiger partial charge in [0.05, 0.1) is 19.3 Å². The van der Waals surface area contributed by atoms with Crippen LogP contribution in [0.5, 0.6) is 0 Å². The SMILES string of the molecule is CN=C(NCC(c1cccs1)N1CCOCC1)NC1CC1c1ccccc1.I. The summed E-state index contributed by atoms with van der Waals surface area (Å²) < 4.78 is 5.53. The Kier molecular flexibility index (Phi) is 8.13. The molecule has 1 saturated carbocycles. The molecule has 152 valence electrons. The van der Waals surface area contributed by atoms with E-state index in [1.54, 1.807) is 0 Å². The Morgan fingerprint density at radius 3 is 2.68 bits per heavy atom. The van der Waals surface area contributed by atoms with Gasteiger partial charge in [-0.2, -0.15) is 0 Å². The molecule has 3 unspecified atom stereocenters. The summed E-state index contributed by atoms with van der Waals surface area (Å²) in [5.74, 6) is 1.49. The molecule has 2 aromatic rings. The van der Waals surface area contributed by atoms with Crippen molar-refractivity contribution in [3.8, 4) is 0 Å². The van der Waals surface area contributed by atoms with Crippen LogP contribution in [0.4, 0.5) is 0 Å². The quantitative estimate of drug-likeness (QED) is 0.354. The lowest BCUT2D eigenvalue weighted by molar-refractivity contribution is 0.0177. The fraction of sp³-hybridized carbons (Fsp3) is 0.476. The molecule has 2 fully saturated rings. The molecule has 1 aliphatic heterocycles. The number of rotatable bonds is 6. The Hall–Kier alpha value is -1.16. The zero-order valence-corrected chi connectivity index (χ0v) is 19.4. The molecule has 1 saturated heterocycles. The lowest BCUT2D eigenvalue weighted by atomic mass is 10.1. The van der Waals surface area contributed by atoms with Crippen LogP contribution in [0.3, 0.4) is 0 Å². The van der Waals surface area contributed by atoms with Crippen molar-refractivity contribution in [2.45, 2.75) is 24.4 Å². The summed E-state index contributed by atoms with van der Waals surface area (Å²) >= 11 is 1.83. The Bertz CT molecular complexity index is 734. The zero-order valence-electron chi connectivity index (χ0n) is 16.2. The molecule has 7 heteroatoms. The molecule has 0 radical (unpaired) electrons. The minimum atomic E-state index is 0. The van der Waals surface area contributed by atoms with Gasteiger partial charge in [0.2, 0.25) is 0 Å². The zero-order chi connectivity index (χ0) is 18.5. The summed E-state index contributed by atoms with van der Waals surface area (Å²) in [6.45, 7) is 4.44. The molecule has 1 aliphatic carbocycles. The van der Waals surface area contributed by atoms with Gasteiger partial charge in [0.15, 0.2) is 5.96 Å². The lowest BCUT2D eigenvalue weighted by Gasteiger charge is -2.34. The topological polar surface area (TPSA) is 48.9 Å². The van der Waals surface area contributed by atoms with Crippen LogP contribution in [-0.4, -0.2) is 56.8 Å². The van der Waals surface area contributed by atoms with Crippen LogP contribution in [0, 0.1) is 0 Å². The molecule has 2 heterocycles. The fourth-order valence-electron chi connectivity index (χ4n) is 3.77. The van der Waals surface area contributed by atoms with E-state index in [9.17, 15) is 0 Å². The summed E-state index contributed by atoms with van der Waals surface area (Å²) in [7, 11) is 1.85. The minimum Gasteiger partial charge on any atom is -0.379 e. The predicted molar refractivity (Wildman–Crippen MR) is 127 cm³/mol. The maximum absolute atomic E-state index is 5.53. The van der Waals surface area contributed by atoms with Gasteiger partial charge in [0, 0.05) is 43.5 Å². The van der Waals surface area contributed by atoms with Crippen molar-refractivity contribution in [3.05, 3.63) is 58.3 Å².